The predicted molar refractivity (Wildman–Crippen MR) is 424 cm³/mol. The molecular weight excluding hydrogens is 1350 g/mol. The molecule has 5 heterocycles. The molecule has 0 saturated carbocycles. The van der Waals surface area contributed by atoms with Gasteiger partial charge in [0.2, 0.25) is 0 Å². The van der Waals surface area contributed by atoms with Crippen molar-refractivity contribution in [1.29, 1.82) is 0 Å². The van der Waals surface area contributed by atoms with Gasteiger partial charge in [-0.1, -0.05) is 234 Å². The number of aromatic amines is 2. The summed E-state index contributed by atoms with van der Waals surface area (Å²) in [5.74, 6) is 0. The van der Waals surface area contributed by atoms with Crippen LogP contribution in [0.25, 0.3) is 151 Å². The van der Waals surface area contributed by atoms with E-state index in [2.05, 4.69) is 346 Å². The molecule has 4 nitrogen and oxygen atoms in total. The van der Waals surface area contributed by atoms with Gasteiger partial charge in [-0.2, -0.15) is 0 Å². The zero-order valence-electron chi connectivity index (χ0n) is 58.1. The van der Waals surface area contributed by atoms with Crippen LogP contribution in [0, 0.1) is 0 Å². The number of nitrogens with one attached hydrogen (secondary N) is 2. The van der Waals surface area contributed by atoms with Crippen LogP contribution < -0.4 is 0 Å². The maximum atomic E-state index is 6.03. The number of aromatic nitrogens is 4. The Kier molecular flexibility index (Phi) is 14.5. The number of nitrogens with zero attached hydrogens (tertiary/aromatic N) is 2. The van der Waals surface area contributed by atoms with Crippen LogP contribution in [0.2, 0.25) is 0 Å². The Bertz CT molecular complexity index is 5480. The normalized spacial score (nSPS) is 14.0. The van der Waals surface area contributed by atoms with Gasteiger partial charge in [-0.15, -0.1) is 0 Å². The van der Waals surface area contributed by atoms with Crippen LogP contribution in [0.4, 0.5) is 0 Å². The van der Waals surface area contributed by atoms with Gasteiger partial charge in [0.05, 0.1) is 31.7 Å². The molecule has 3 aromatic heterocycles. The van der Waals surface area contributed by atoms with Crippen LogP contribution >= 0.6 is 47.8 Å². The van der Waals surface area contributed by atoms with E-state index in [0.717, 1.165) is 103 Å². The van der Waals surface area contributed by atoms with Crippen molar-refractivity contribution in [3.8, 4) is 44.5 Å². The molecule has 0 fully saturated rings. The zero-order chi connectivity index (χ0) is 67.3. The average molecular weight is 1440 g/mol. The molecule has 2 aliphatic heterocycles. The van der Waals surface area contributed by atoms with Crippen molar-refractivity contribution in [3.63, 3.8) is 0 Å². The van der Waals surface area contributed by atoms with Gasteiger partial charge < -0.3 is 9.97 Å². The summed E-state index contributed by atoms with van der Waals surface area (Å²) in [6, 6.07) is 61.2. The molecule has 95 heavy (non-hydrogen) atoms. The van der Waals surface area contributed by atoms with Crippen molar-refractivity contribution in [2.45, 2.75) is 157 Å². The fourth-order valence-corrected chi connectivity index (χ4v) is 16.1. The molecule has 0 unspecified atom stereocenters. The van der Waals surface area contributed by atoms with Gasteiger partial charge in [-0.3, -0.25) is 0 Å². The number of fused-ring (bicyclic) bond motifs is 8. The lowest BCUT2D eigenvalue weighted by Gasteiger charge is -2.26. The maximum Gasteiger partial charge on any atom is 0.0891 e. The van der Waals surface area contributed by atoms with Crippen LogP contribution in [0.3, 0.4) is 0 Å². The summed E-state index contributed by atoms with van der Waals surface area (Å²) in [4.78, 5) is 20.4. The summed E-state index contributed by atoms with van der Waals surface area (Å²) in [7, 11) is 0. The van der Waals surface area contributed by atoms with Crippen LogP contribution in [0.5, 0.6) is 0 Å². The van der Waals surface area contributed by atoms with Crippen LogP contribution in [-0.2, 0) is 32.5 Å². The molecular formula is C88H83Br3N4. The van der Waals surface area contributed by atoms with Crippen LogP contribution in [-0.4, -0.2) is 19.9 Å². The number of H-pyrrole nitrogens is 2. The molecule has 0 spiro atoms. The van der Waals surface area contributed by atoms with E-state index >= 15 is 0 Å². The number of halogens is 3. The quantitative estimate of drug-likeness (QED) is 0.173. The second-order valence-electron chi connectivity index (χ2n) is 33.4. The smallest absolute Gasteiger partial charge is 0.0891 e. The fraction of sp³-hybridized carbons (Fsp3) is 0.273. The van der Waals surface area contributed by atoms with E-state index in [4.69, 9.17) is 9.97 Å². The van der Waals surface area contributed by atoms with Gasteiger partial charge >= 0.3 is 0 Å². The Morgan fingerprint density at radius 3 is 0.800 bits per heavy atom. The minimum Gasteiger partial charge on any atom is -0.354 e. The van der Waals surface area contributed by atoms with Gasteiger partial charge in [0.25, 0.3) is 0 Å². The molecule has 2 aliphatic rings. The molecule has 13 aromatic rings. The largest absolute Gasteiger partial charge is 0.354 e. The van der Waals surface area contributed by atoms with Crippen LogP contribution in [0.1, 0.15) is 181 Å². The summed E-state index contributed by atoms with van der Waals surface area (Å²) in [6.45, 7) is 41.6. The highest BCUT2D eigenvalue weighted by atomic mass is 79.9. The van der Waals surface area contributed by atoms with Gasteiger partial charge in [0.1, 0.15) is 0 Å². The third-order valence-electron chi connectivity index (χ3n) is 20.3. The van der Waals surface area contributed by atoms with E-state index in [-0.39, 0.29) is 32.5 Å². The van der Waals surface area contributed by atoms with Crippen LogP contribution in [0.15, 0.2) is 158 Å². The first-order valence-corrected chi connectivity index (χ1v) is 36.0. The lowest BCUT2D eigenvalue weighted by Crippen LogP contribution is -2.16. The Balaban J connectivity index is 1.12. The SMILES string of the molecule is CC(C)(C)c1cc(-c2c3nc(c(-c4cc5ccc6cc(C(C)(C)C)cc7ccc(c4)c5c67)c4ccc([nH]4)c(-c4cc(C(C)(C)C)cc(C(C)(C)C)c4)c4nc(c(-c5cc6ccc7cc(C(C)(C)C)cc8ccc(c5)c6c78)c5ccc2[nH]5)C(Br)=C4Br)C=C3Br)cc(C(C)(C)C)c1. The number of hydrogen-bond acceptors (Lipinski definition) is 2. The molecule has 8 bridgehead atoms. The third kappa shape index (κ3) is 10.8. The topological polar surface area (TPSA) is 57.4 Å². The van der Waals surface area contributed by atoms with Gasteiger partial charge in [-0.05, 0) is 255 Å². The molecule has 10 aromatic carbocycles. The van der Waals surface area contributed by atoms with Crippen molar-refractivity contribution in [2.24, 2.45) is 0 Å². The highest BCUT2D eigenvalue weighted by Gasteiger charge is 2.31. The summed E-state index contributed by atoms with van der Waals surface area (Å²) in [6.07, 6.45) is 2.25. The fourth-order valence-electron chi connectivity index (χ4n) is 14.6. The van der Waals surface area contributed by atoms with Gasteiger partial charge in [-0.25, -0.2) is 9.97 Å². The highest BCUT2D eigenvalue weighted by molar-refractivity contribution is 9.18. The summed E-state index contributed by atoms with van der Waals surface area (Å²) >= 11 is 12.9. The maximum absolute atomic E-state index is 6.03. The Morgan fingerprint density at radius 2 is 0.505 bits per heavy atom. The standard InChI is InChI=1S/C88H83Br3N4/c1-83(2,3)58-35-50-23-19-46-31-54(32-47-20-24-51(36-58)72(50)70(46)47)74-65-27-28-68(92-65)77(57-41-62(87(13,14)15)44-63(42-57)88(16,17)18)82-79(91)78(90)81(95-82)76(55-33-48-21-25-52-37-59(84(4,5)6)38-53-26-22-49(34-55)71(48)73(52)53)67-30-29-66(93-67)75(80-64(89)45-69(74)94-80)56-39-60(85(7,8)9)43-61(40-56)86(10,11)12/h19-45,92-93H,1-18H3. The molecule has 7 heteroatoms. The number of benzene rings is 10. The molecule has 0 saturated heterocycles. The number of hydrogen-bond donors (Lipinski definition) is 2. The van der Waals surface area contributed by atoms with Crippen molar-refractivity contribution in [2.75, 3.05) is 0 Å². The Labute approximate surface area is 584 Å². The summed E-state index contributed by atoms with van der Waals surface area (Å²) in [5.41, 5.74) is 22.4. The summed E-state index contributed by atoms with van der Waals surface area (Å²) < 4.78 is 2.64. The first-order chi connectivity index (χ1) is 44.5. The van der Waals surface area contributed by atoms with Crippen molar-refractivity contribution >= 4 is 154 Å². The Hall–Kier alpha value is -7.68. The third-order valence-corrected chi connectivity index (χ3v) is 22.9. The average Bonchev–Trinajstić information content (AvgIpc) is 1.49. The lowest BCUT2D eigenvalue weighted by molar-refractivity contribution is 0.568. The minimum atomic E-state index is -0.157. The molecule has 2 N–H and O–H groups in total. The second-order valence-corrected chi connectivity index (χ2v) is 35.8. The molecule has 0 radical (unpaired) electrons. The second kappa shape index (κ2) is 21.7. The van der Waals surface area contributed by atoms with E-state index in [1.54, 1.807) is 0 Å². The van der Waals surface area contributed by atoms with E-state index in [9.17, 15) is 0 Å². The van der Waals surface area contributed by atoms with Crippen molar-refractivity contribution in [3.05, 3.63) is 214 Å². The molecule has 0 atom stereocenters. The monoisotopic (exact) mass is 1430 g/mol. The Morgan fingerprint density at radius 1 is 0.263 bits per heavy atom. The van der Waals surface area contributed by atoms with Crippen molar-refractivity contribution < 1.29 is 0 Å². The highest BCUT2D eigenvalue weighted by Crippen LogP contribution is 2.51. The minimum absolute atomic E-state index is 0.00949. The first kappa shape index (κ1) is 63.4. The number of rotatable bonds is 4. The molecule has 0 aliphatic carbocycles. The van der Waals surface area contributed by atoms with E-state index in [1.165, 1.54) is 98.0 Å². The van der Waals surface area contributed by atoms with E-state index in [1.807, 2.05) is 0 Å². The molecule has 476 valence electrons. The van der Waals surface area contributed by atoms with Crippen molar-refractivity contribution in [1.82, 2.24) is 19.9 Å². The summed E-state index contributed by atoms with van der Waals surface area (Å²) in [5, 5.41) is 14.9. The first-order valence-electron chi connectivity index (χ1n) is 33.6. The predicted octanol–water partition coefficient (Wildman–Crippen LogP) is 27.1. The van der Waals surface area contributed by atoms with E-state index < -0.39 is 0 Å². The van der Waals surface area contributed by atoms with Gasteiger partial charge in [0, 0.05) is 48.8 Å². The zero-order valence-corrected chi connectivity index (χ0v) is 62.9. The van der Waals surface area contributed by atoms with E-state index in [0.29, 0.717) is 0 Å². The molecule has 0 amide bonds. The lowest BCUT2D eigenvalue weighted by atomic mass is 9.78. The van der Waals surface area contributed by atoms with Gasteiger partial charge in [0.15, 0.2) is 0 Å². The molecule has 15 rings (SSSR count).